The monoisotopic (exact) mass is 328 g/mol. The highest BCUT2D eigenvalue weighted by Gasteiger charge is 2.07. The van der Waals surface area contributed by atoms with E-state index in [0.29, 0.717) is 25.3 Å². The number of para-hydroxylation sites is 1. The number of amides is 1. The Morgan fingerprint density at radius 1 is 1.08 bits per heavy atom. The summed E-state index contributed by atoms with van der Waals surface area (Å²) in [7, 11) is 0. The van der Waals surface area contributed by atoms with Crippen molar-refractivity contribution in [2.75, 3.05) is 13.1 Å². The predicted octanol–water partition coefficient (Wildman–Crippen LogP) is 2.27. The molecular weight excluding hydrogens is 304 g/mol. The molecule has 0 saturated heterocycles. The second-order valence-corrected chi connectivity index (χ2v) is 5.66. The molecule has 0 aliphatic carbocycles. The minimum atomic E-state index is -0.813. The summed E-state index contributed by atoms with van der Waals surface area (Å²) in [5, 5.41) is 13.3. The Balaban J connectivity index is 1.68. The number of carbonyl (C=O) groups is 1. The molecule has 0 radical (unpaired) electrons. The summed E-state index contributed by atoms with van der Waals surface area (Å²) in [4.78, 5) is 10.9. The summed E-state index contributed by atoms with van der Waals surface area (Å²) >= 11 is 0. The largest absolute Gasteiger partial charge is 0.410 e. The Bertz CT molecular complexity index is 632. The summed E-state index contributed by atoms with van der Waals surface area (Å²) < 4.78 is 4.97. The highest BCUT2D eigenvalue weighted by Crippen LogP contribution is 2.18. The lowest BCUT2D eigenvalue weighted by molar-refractivity contribution is 0.162. The average Bonchev–Trinajstić information content (AvgIpc) is 2.58. The first-order valence-electron chi connectivity index (χ1n) is 8.13. The maximum Gasteiger partial charge on any atom is 0.409 e. The summed E-state index contributed by atoms with van der Waals surface area (Å²) in [5.41, 5.74) is 7.20. The van der Waals surface area contributed by atoms with Gasteiger partial charge in [0.25, 0.3) is 0 Å². The molecule has 1 amide bonds. The standard InChI is InChI=1S/C19H24N2O3/c20-19(23)24-18-9-5-4-8-16(18)12-13-21-14-17(22)11-10-15-6-2-1-3-7-15/h1-9,17,21-22H,10-14H2,(H2,20,23)/t17-/m1/s1. The van der Waals surface area contributed by atoms with Crippen LogP contribution in [-0.2, 0) is 12.8 Å². The third-order valence-electron chi connectivity index (χ3n) is 3.74. The molecule has 24 heavy (non-hydrogen) atoms. The van der Waals surface area contributed by atoms with Crippen molar-refractivity contribution < 1.29 is 14.6 Å². The van der Waals surface area contributed by atoms with Crippen LogP contribution in [0.4, 0.5) is 4.79 Å². The molecular formula is C19H24N2O3. The van der Waals surface area contributed by atoms with Gasteiger partial charge in [-0.3, -0.25) is 0 Å². The molecule has 0 aliphatic rings. The van der Waals surface area contributed by atoms with Crippen molar-refractivity contribution in [3.8, 4) is 5.75 Å². The Labute approximate surface area is 142 Å². The second kappa shape index (κ2) is 9.70. The summed E-state index contributed by atoms with van der Waals surface area (Å²) in [6.07, 6.45) is 1.07. The molecule has 4 N–H and O–H groups in total. The number of benzene rings is 2. The molecule has 5 nitrogen and oxygen atoms in total. The van der Waals surface area contributed by atoms with Gasteiger partial charge in [0.05, 0.1) is 6.10 Å². The fraction of sp³-hybridized carbons (Fsp3) is 0.316. The Kier molecular flexibility index (Phi) is 7.26. The van der Waals surface area contributed by atoms with E-state index in [1.165, 1.54) is 5.56 Å². The molecule has 0 spiro atoms. The Hall–Kier alpha value is -2.37. The summed E-state index contributed by atoms with van der Waals surface area (Å²) in [6, 6.07) is 17.4. The summed E-state index contributed by atoms with van der Waals surface area (Å²) in [5.74, 6) is 0.483. The van der Waals surface area contributed by atoms with Crippen molar-refractivity contribution in [3.05, 3.63) is 65.7 Å². The molecule has 0 bridgehead atoms. The van der Waals surface area contributed by atoms with E-state index in [4.69, 9.17) is 10.5 Å². The molecule has 2 aromatic rings. The van der Waals surface area contributed by atoms with Crippen molar-refractivity contribution in [1.29, 1.82) is 0 Å². The molecule has 0 aliphatic heterocycles. The van der Waals surface area contributed by atoms with Crippen LogP contribution in [0.3, 0.4) is 0 Å². The van der Waals surface area contributed by atoms with Crippen LogP contribution in [0.1, 0.15) is 17.5 Å². The molecule has 0 aromatic heterocycles. The fourth-order valence-electron chi connectivity index (χ4n) is 2.49. The molecule has 0 saturated carbocycles. The highest BCUT2D eigenvalue weighted by molar-refractivity contribution is 5.68. The second-order valence-electron chi connectivity index (χ2n) is 5.66. The lowest BCUT2D eigenvalue weighted by Gasteiger charge is -2.13. The average molecular weight is 328 g/mol. The van der Waals surface area contributed by atoms with Gasteiger partial charge in [-0.25, -0.2) is 4.79 Å². The maximum atomic E-state index is 10.9. The third-order valence-corrected chi connectivity index (χ3v) is 3.74. The molecule has 1 atom stereocenters. The third kappa shape index (κ3) is 6.40. The van der Waals surface area contributed by atoms with Gasteiger partial charge < -0.3 is 20.9 Å². The zero-order chi connectivity index (χ0) is 17.2. The van der Waals surface area contributed by atoms with Crippen LogP contribution in [0, 0.1) is 0 Å². The van der Waals surface area contributed by atoms with Crippen LogP contribution in [-0.4, -0.2) is 30.4 Å². The van der Waals surface area contributed by atoms with E-state index in [-0.39, 0.29) is 6.10 Å². The number of nitrogens with one attached hydrogen (secondary N) is 1. The topological polar surface area (TPSA) is 84.6 Å². The quantitative estimate of drug-likeness (QED) is 0.617. The zero-order valence-electron chi connectivity index (χ0n) is 13.7. The minimum absolute atomic E-state index is 0.387. The smallest absolute Gasteiger partial charge is 0.409 e. The minimum Gasteiger partial charge on any atom is -0.410 e. The molecule has 0 unspecified atom stereocenters. The van der Waals surface area contributed by atoms with Crippen LogP contribution in [0.15, 0.2) is 54.6 Å². The van der Waals surface area contributed by atoms with Gasteiger partial charge in [-0.2, -0.15) is 0 Å². The Morgan fingerprint density at radius 2 is 1.79 bits per heavy atom. The SMILES string of the molecule is NC(=O)Oc1ccccc1CCNC[C@H](O)CCc1ccccc1. The number of carbonyl (C=O) groups excluding carboxylic acids is 1. The van der Waals surface area contributed by atoms with Crippen LogP contribution in [0.25, 0.3) is 0 Å². The van der Waals surface area contributed by atoms with Gasteiger partial charge in [-0.1, -0.05) is 48.5 Å². The number of primary amides is 1. The van der Waals surface area contributed by atoms with Gasteiger partial charge in [0.2, 0.25) is 0 Å². The Morgan fingerprint density at radius 3 is 2.54 bits per heavy atom. The van der Waals surface area contributed by atoms with E-state index in [2.05, 4.69) is 17.4 Å². The van der Waals surface area contributed by atoms with Crippen LogP contribution < -0.4 is 15.8 Å². The molecule has 0 fully saturated rings. The molecule has 5 heteroatoms. The zero-order valence-corrected chi connectivity index (χ0v) is 13.7. The predicted molar refractivity (Wildman–Crippen MR) is 94.0 cm³/mol. The van der Waals surface area contributed by atoms with Crippen LogP contribution >= 0.6 is 0 Å². The van der Waals surface area contributed by atoms with Gasteiger partial charge >= 0.3 is 6.09 Å². The molecule has 128 valence electrons. The number of aliphatic hydroxyl groups is 1. The number of nitrogens with two attached hydrogens (primary N) is 1. The number of hydrogen-bond acceptors (Lipinski definition) is 4. The number of aliphatic hydroxyl groups excluding tert-OH is 1. The van der Waals surface area contributed by atoms with Crippen LogP contribution in [0.2, 0.25) is 0 Å². The first kappa shape index (κ1) is 18.0. The van der Waals surface area contributed by atoms with Crippen molar-refractivity contribution in [3.63, 3.8) is 0 Å². The van der Waals surface area contributed by atoms with Gasteiger partial charge in [0, 0.05) is 6.54 Å². The van der Waals surface area contributed by atoms with E-state index in [9.17, 15) is 9.90 Å². The van der Waals surface area contributed by atoms with Crippen LogP contribution in [0.5, 0.6) is 5.75 Å². The van der Waals surface area contributed by atoms with Gasteiger partial charge in [0.1, 0.15) is 5.75 Å². The lowest BCUT2D eigenvalue weighted by atomic mass is 10.1. The first-order chi connectivity index (χ1) is 11.6. The normalized spacial score (nSPS) is 11.9. The number of ether oxygens (including phenoxy) is 1. The van der Waals surface area contributed by atoms with Crippen molar-refractivity contribution in [2.45, 2.75) is 25.4 Å². The molecule has 2 aromatic carbocycles. The van der Waals surface area contributed by atoms with Gasteiger partial charge in [-0.15, -0.1) is 0 Å². The highest BCUT2D eigenvalue weighted by atomic mass is 16.5. The van der Waals surface area contributed by atoms with E-state index < -0.39 is 6.09 Å². The lowest BCUT2D eigenvalue weighted by Crippen LogP contribution is -2.29. The first-order valence-corrected chi connectivity index (χ1v) is 8.13. The number of aryl methyl sites for hydroxylation is 1. The fourth-order valence-corrected chi connectivity index (χ4v) is 2.49. The molecule has 2 rings (SSSR count). The van der Waals surface area contributed by atoms with E-state index in [1.54, 1.807) is 12.1 Å². The van der Waals surface area contributed by atoms with Crippen molar-refractivity contribution >= 4 is 6.09 Å². The van der Waals surface area contributed by atoms with E-state index in [1.807, 2.05) is 30.3 Å². The van der Waals surface area contributed by atoms with Crippen molar-refractivity contribution in [2.24, 2.45) is 5.73 Å². The summed E-state index contributed by atoms with van der Waals surface area (Å²) in [6.45, 7) is 1.22. The molecule has 0 heterocycles. The van der Waals surface area contributed by atoms with E-state index in [0.717, 1.165) is 18.4 Å². The van der Waals surface area contributed by atoms with Gasteiger partial charge in [-0.05, 0) is 43.0 Å². The van der Waals surface area contributed by atoms with Gasteiger partial charge in [0.15, 0.2) is 0 Å². The van der Waals surface area contributed by atoms with Crippen molar-refractivity contribution in [1.82, 2.24) is 5.32 Å². The number of hydrogen-bond donors (Lipinski definition) is 3. The maximum absolute atomic E-state index is 10.9. The number of rotatable bonds is 9. The van der Waals surface area contributed by atoms with E-state index >= 15 is 0 Å².